The maximum absolute atomic E-state index is 12.2. The Kier molecular flexibility index (Phi) is 1.72. The van der Waals surface area contributed by atoms with Gasteiger partial charge in [-0.25, -0.2) is 9.18 Å². The summed E-state index contributed by atoms with van der Waals surface area (Å²) >= 11 is 0. The van der Waals surface area contributed by atoms with Gasteiger partial charge in [-0.15, -0.1) is 0 Å². The number of halogens is 1. The lowest BCUT2D eigenvalue weighted by Gasteiger charge is -1.91. The third-order valence-corrected chi connectivity index (χ3v) is 1.09. The highest BCUT2D eigenvalue weighted by atomic mass is 19.1. The van der Waals surface area contributed by atoms with Gasteiger partial charge in [0.05, 0.1) is 0 Å². The van der Waals surface area contributed by atoms with Crippen molar-refractivity contribution in [2.75, 3.05) is 0 Å². The highest BCUT2D eigenvalue weighted by Crippen LogP contribution is 1.92. The van der Waals surface area contributed by atoms with Crippen LogP contribution in [0.25, 0.3) is 0 Å². The van der Waals surface area contributed by atoms with Crippen LogP contribution in [0.2, 0.25) is 0 Å². The molecule has 1 heterocycles. The van der Waals surface area contributed by atoms with Gasteiger partial charge in [0.25, 0.3) is 5.56 Å². The Hall–Kier alpha value is -1.65. The number of hydrogen-bond donors (Lipinski definition) is 2. The monoisotopic (exact) mass is 157 g/mol. The first-order valence-corrected chi connectivity index (χ1v) is 2.73. The van der Waals surface area contributed by atoms with E-state index in [0.29, 0.717) is 0 Å². The molecular formula is C6H4FNO3. The first-order valence-electron chi connectivity index (χ1n) is 2.73. The minimum Gasteiger partial charge on any atom is -0.477 e. The van der Waals surface area contributed by atoms with Crippen LogP contribution < -0.4 is 5.56 Å². The predicted octanol–water partition coefficient (Wildman–Crippen LogP) is 0.212. The minimum absolute atomic E-state index is 0.323. The number of aromatic nitrogens is 1. The van der Waals surface area contributed by atoms with Crippen molar-refractivity contribution < 1.29 is 14.3 Å². The molecule has 0 aliphatic heterocycles. The lowest BCUT2D eigenvalue weighted by atomic mass is 10.3. The maximum Gasteiger partial charge on any atom is 0.352 e. The second-order valence-electron chi connectivity index (χ2n) is 1.85. The molecule has 58 valence electrons. The highest BCUT2D eigenvalue weighted by molar-refractivity contribution is 5.85. The highest BCUT2D eigenvalue weighted by Gasteiger charge is 2.04. The molecule has 0 unspecified atom stereocenters. The van der Waals surface area contributed by atoms with Crippen LogP contribution in [0.1, 0.15) is 10.5 Å². The quantitative estimate of drug-likeness (QED) is 0.612. The molecular weight excluding hydrogens is 153 g/mol. The Bertz CT molecular complexity index is 344. The summed E-state index contributed by atoms with van der Waals surface area (Å²) in [5.74, 6) is -2.28. The summed E-state index contributed by atoms with van der Waals surface area (Å²) in [6.45, 7) is 0. The van der Waals surface area contributed by atoms with Crippen molar-refractivity contribution >= 4 is 5.97 Å². The van der Waals surface area contributed by atoms with Gasteiger partial charge in [0.2, 0.25) is 0 Å². The van der Waals surface area contributed by atoms with E-state index in [2.05, 4.69) is 0 Å². The maximum atomic E-state index is 12.2. The molecule has 1 aromatic heterocycles. The fraction of sp³-hybridized carbons (Fsp3) is 0. The first kappa shape index (κ1) is 7.46. The van der Waals surface area contributed by atoms with E-state index in [9.17, 15) is 14.0 Å². The smallest absolute Gasteiger partial charge is 0.352 e. The van der Waals surface area contributed by atoms with Crippen molar-refractivity contribution in [3.8, 4) is 0 Å². The molecule has 2 N–H and O–H groups in total. The Morgan fingerprint density at radius 2 is 2.18 bits per heavy atom. The van der Waals surface area contributed by atoms with E-state index in [1.165, 1.54) is 0 Å². The fourth-order valence-corrected chi connectivity index (χ4v) is 0.581. The molecule has 0 atom stereocenters. The molecule has 0 spiro atoms. The molecule has 11 heavy (non-hydrogen) atoms. The van der Waals surface area contributed by atoms with Crippen molar-refractivity contribution in [2.24, 2.45) is 0 Å². The Balaban J connectivity index is 3.26. The van der Waals surface area contributed by atoms with Gasteiger partial charge in [-0.05, 0) is 12.1 Å². The normalized spacial score (nSPS) is 9.55. The van der Waals surface area contributed by atoms with Gasteiger partial charge in [-0.2, -0.15) is 0 Å². The zero-order valence-electron chi connectivity index (χ0n) is 5.30. The van der Waals surface area contributed by atoms with Crippen LogP contribution in [0.5, 0.6) is 0 Å². The molecule has 5 heteroatoms. The van der Waals surface area contributed by atoms with E-state index in [1.807, 2.05) is 4.98 Å². The third kappa shape index (κ3) is 1.43. The van der Waals surface area contributed by atoms with Gasteiger partial charge >= 0.3 is 5.97 Å². The van der Waals surface area contributed by atoms with Crippen LogP contribution in [-0.4, -0.2) is 16.1 Å². The summed E-state index contributed by atoms with van der Waals surface area (Å²) in [5, 5.41) is 8.31. The van der Waals surface area contributed by atoms with Crippen molar-refractivity contribution in [1.29, 1.82) is 0 Å². The van der Waals surface area contributed by atoms with E-state index in [-0.39, 0.29) is 5.69 Å². The van der Waals surface area contributed by atoms with Gasteiger partial charge in [-0.1, -0.05) is 0 Å². The number of rotatable bonds is 1. The molecule has 0 amide bonds. The zero-order valence-corrected chi connectivity index (χ0v) is 5.30. The SMILES string of the molecule is O=C(O)c1ccc(F)c(=O)[nH]1. The second kappa shape index (κ2) is 2.53. The topological polar surface area (TPSA) is 70.2 Å². The van der Waals surface area contributed by atoms with Crippen LogP contribution in [0.4, 0.5) is 4.39 Å². The zero-order chi connectivity index (χ0) is 8.43. The lowest BCUT2D eigenvalue weighted by Crippen LogP contribution is -2.14. The van der Waals surface area contributed by atoms with Crippen LogP contribution >= 0.6 is 0 Å². The second-order valence-corrected chi connectivity index (χ2v) is 1.85. The van der Waals surface area contributed by atoms with Crippen molar-refractivity contribution in [2.45, 2.75) is 0 Å². The molecule has 4 nitrogen and oxygen atoms in total. The number of aromatic carboxylic acids is 1. The van der Waals surface area contributed by atoms with E-state index >= 15 is 0 Å². The van der Waals surface area contributed by atoms with Crippen LogP contribution in [-0.2, 0) is 0 Å². The summed E-state index contributed by atoms with van der Waals surface area (Å²) in [7, 11) is 0. The summed E-state index contributed by atoms with van der Waals surface area (Å²) in [4.78, 5) is 22.5. The minimum atomic E-state index is -1.29. The first-order chi connectivity index (χ1) is 5.11. The molecule has 0 aliphatic rings. The van der Waals surface area contributed by atoms with Crippen LogP contribution in [0, 0.1) is 5.82 Å². The van der Waals surface area contributed by atoms with Crippen LogP contribution in [0.3, 0.4) is 0 Å². The summed E-state index contributed by atoms with van der Waals surface area (Å²) in [5.41, 5.74) is -1.35. The molecule has 0 bridgehead atoms. The van der Waals surface area contributed by atoms with E-state index in [0.717, 1.165) is 12.1 Å². The van der Waals surface area contributed by atoms with Gasteiger partial charge < -0.3 is 10.1 Å². The Morgan fingerprint density at radius 3 is 2.64 bits per heavy atom. The van der Waals surface area contributed by atoms with E-state index < -0.39 is 17.3 Å². The number of aromatic amines is 1. The number of carboxylic acid groups (broad SMARTS) is 1. The summed E-state index contributed by atoms with van der Waals surface area (Å²) < 4.78 is 12.2. The van der Waals surface area contributed by atoms with Gasteiger partial charge in [0.1, 0.15) is 5.69 Å². The molecule has 0 aliphatic carbocycles. The Morgan fingerprint density at radius 1 is 1.55 bits per heavy atom. The standard InChI is InChI=1S/C6H4FNO3/c7-3-1-2-4(6(10)11)8-5(3)9/h1-2H,(H,8,9)(H,10,11). The molecule has 1 rings (SSSR count). The number of pyridine rings is 1. The van der Waals surface area contributed by atoms with Gasteiger partial charge in [0.15, 0.2) is 5.82 Å². The van der Waals surface area contributed by atoms with Crippen molar-refractivity contribution in [3.63, 3.8) is 0 Å². The van der Waals surface area contributed by atoms with Crippen LogP contribution in [0.15, 0.2) is 16.9 Å². The average Bonchev–Trinajstić information content (AvgIpc) is 1.94. The number of H-pyrrole nitrogens is 1. The molecule has 0 radical (unpaired) electrons. The number of carboxylic acids is 1. The Labute approximate surface area is 60.3 Å². The number of nitrogens with one attached hydrogen (secondary N) is 1. The molecule has 0 fully saturated rings. The largest absolute Gasteiger partial charge is 0.477 e. The molecule has 1 aromatic rings. The number of hydrogen-bond acceptors (Lipinski definition) is 2. The predicted molar refractivity (Wildman–Crippen MR) is 34.0 cm³/mol. The van der Waals surface area contributed by atoms with Crippen molar-refractivity contribution in [1.82, 2.24) is 4.98 Å². The average molecular weight is 157 g/mol. The van der Waals surface area contributed by atoms with Gasteiger partial charge in [-0.3, -0.25) is 4.79 Å². The van der Waals surface area contributed by atoms with Gasteiger partial charge in [0, 0.05) is 0 Å². The van der Waals surface area contributed by atoms with E-state index in [1.54, 1.807) is 0 Å². The summed E-state index contributed by atoms with van der Waals surface area (Å²) in [6, 6.07) is 1.79. The summed E-state index contributed by atoms with van der Waals surface area (Å²) in [6.07, 6.45) is 0. The molecule has 0 saturated carbocycles. The fourth-order valence-electron chi connectivity index (χ4n) is 0.581. The molecule has 0 aromatic carbocycles. The third-order valence-electron chi connectivity index (χ3n) is 1.09. The lowest BCUT2D eigenvalue weighted by molar-refractivity contribution is 0.0690. The number of carbonyl (C=O) groups is 1. The molecule has 0 saturated heterocycles. The van der Waals surface area contributed by atoms with Crippen molar-refractivity contribution in [3.05, 3.63) is 34.0 Å². The van der Waals surface area contributed by atoms with E-state index in [4.69, 9.17) is 5.11 Å².